The molecule has 0 saturated heterocycles. The Kier molecular flexibility index (Phi) is 4.48. The average Bonchev–Trinajstić information content (AvgIpc) is 2.30. The van der Waals surface area contributed by atoms with Crippen molar-refractivity contribution in [1.29, 1.82) is 0 Å². The van der Waals surface area contributed by atoms with Gasteiger partial charge in [0.2, 0.25) is 5.54 Å². The fourth-order valence-electron chi connectivity index (χ4n) is 1.36. The van der Waals surface area contributed by atoms with Gasteiger partial charge in [-0.15, -0.1) is 0 Å². The number of aliphatic carboxylic acids is 1. The average molecular weight is 354 g/mol. The second kappa shape index (κ2) is 5.43. The molecule has 0 aliphatic rings. The molecular formula is C12H11BrF3NO3. The first-order valence-electron chi connectivity index (χ1n) is 5.38. The van der Waals surface area contributed by atoms with Gasteiger partial charge in [-0.05, 0) is 41.4 Å². The van der Waals surface area contributed by atoms with Crippen LogP contribution in [0.5, 0.6) is 0 Å². The molecule has 0 spiro atoms. The zero-order valence-electron chi connectivity index (χ0n) is 10.5. The van der Waals surface area contributed by atoms with Crippen LogP contribution in [0.4, 0.5) is 13.2 Å². The van der Waals surface area contributed by atoms with Gasteiger partial charge in [-0.25, -0.2) is 4.79 Å². The van der Waals surface area contributed by atoms with Crippen LogP contribution in [0, 0.1) is 6.92 Å². The molecular weight excluding hydrogens is 343 g/mol. The predicted octanol–water partition coefficient (Wildman–Crippen LogP) is 2.89. The van der Waals surface area contributed by atoms with Crippen LogP contribution in [0.2, 0.25) is 0 Å². The lowest BCUT2D eigenvalue weighted by Crippen LogP contribution is -2.61. The summed E-state index contributed by atoms with van der Waals surface area (Å²) in [6.45, 7) is 2.05. The van der Waals surface area contributed by atoms with E-state index in [1.807, 2.05) is 0 Å². The highest BCUT2D eigenvalue weighted by molar-refractivity contribution is 9.10. The quantitative estimate of drug-likeness (QED) is 0.877. The minimum atomic E-state index is -5.12. The first-order chi connectivity index (χ1) is 9.00. The Labute approximate surface area is 121 Å². The lowest BCUT2D eigenvalue weighted by atomic mass is 10.0. The molecule has 1 aromatic rings. The van der Waals surface area contributed by atoms with Crippen LogP contribution in [0.1, 0.15) is 22.8 Å². The van der Waals surface area contributed by atoms with Gasteiger partial charge in [0.25, 0.3) is 5.91 Å². The molecule has 0 aromatic heterocycles. The number of carboxylic acids is 1. The number of carboxylic acid groups (broad SMARTS) is 1. The van der Waals surface area contributed by atoms with E-state index in [1.54, 1.807) is 13.0 Å². The van der Waals surface area contributed by atoms with Crippen LogP contribution in [-0.4, -0.2) is 28.7 Å². The van der Waals surface area contributed by atoms with Crippen LogP contribution >= 0.6 is 15.9 Å². The molecule has 1 amide bonds. The summed E-state index contributed by atoms with van der Waals surface area (Å²) in [7, 11) is 0. The van der Waals surface area contributed by atoms with Gasteiger partial charge in [-0.2, -0.15) is 13.2 Å². The molecule has 110 valence electrons. The number of amides is 1. The van der Waals surface area contributed by atoms with Crippen molar-refractivity contribution in [1.82, 2.24) is 5.32 Å². The predicted molar refractivity (Wildman–Crippen MR) is 68.4 cm³/mol. The molecule has 0 aliphatic carbocycles. The van der Waals surface area contributed by atoms with E-state index in [0.717, 1.165) is 0 Å². The fraction of sp³-hybridized carbons (Fsp3) is 0.333. The van der Waals surface area contributed by atoms with Gasteiger partial charge in [-0.1, -0.05) is 12.1 Å². The van der Waals surface area contributed by atoms with E-state index in [-0.39, 0.29) is 5.56 Å². The van der Waals surface area contributed by atoms with Crippen molar-refractivity contribution in [3.05, 3.63) is 33.8 Å². The van der Waals surface area contributed by atoms with Crippen molar-refractivity contribution >= 4 is 27.8 Å². The summed E-state index contributed by atoms with van der Waals surface area (Å²) in [5.74, 6) is -3.30. The molecule has 2 N–H and O–H groups in total. The lowest BCUT2D eigenvalue weighted by molar-refractivity contribution is -0.203. The number of hydrogen-bond acceptors (Lipinski definition) is 2. The summed E-state index contributed by atoms with van der Waals surface area (Å²) in [4.78, 5) is 22.7. The zero-order valence-corrected chi connectivity index (χ0v) is 12.1. The van der Waals surface area contributed by atoms with Gasteiger partial charge >= 0.3 is 12.1 Å². The molecule has 0 heterocycles. The van der Waals surface area contributed by atoms with E-state index in [1.165, 1.54) is 17.4 Å². The third-order valence-electron chi connectivity index (χ3n) is 2.79. The van der Waals surface area contributed by atoms with Crippen LogP contribution < -0.4 is 5.32 Å². The maximum Gasteiger partial charge on any atom is 0.422 e. The third kappa shape index (κ3) is 2.95. The van der Waals surface area contributed by atoms with Crippen molar-refractivity contribution in [3.8, 4) is 0 Å². The first kappa shape index (κ1) is 16.5. The van der Waals surface area contributed by atoms with E-state index in [0.29, 0.717) is 17.0 Å². The first-order valence-corrected chi connectivity index (χ1v) is 6.17. The van der Waals surface area contributed by atoms with E-state index in [9.17, 15) is 22.8 Å². The molecule has 4 nitrogen and oxygen atoms in total. The molecule has 0 fully saturated rings. The number of carbonyl (C=O) groups excluding carboxylic acids is 1. The van der Waals surface area contributed by atoms with E-state index >= 15 is 0 Å². The monoisotopic (exact) mass is 353 g/mol. The number of nitrogens with one attached hydrogen (secondary N) is 1. The third-order valence-corrected chi connectivity index (χ3v) is 3.85. The van der Waals surface area contributed by atoms with Gasteiger partial charge in [0.05, 0.1) is 5.56 Å². The molecule has 1 rings (SSSR count). The largest absolute Gasteiger partial charge is 0.479 e. The van der Waals surface area contributed by atoms with Crippen molar-refractivity contribution in [3.63, 3.8) is 0 Å². The molecule has 1 atom stereocenters. The maximum atomic E-state index is 12.8. The van der Waals surface area contributed by atoms with Crippen LogP contribution in [0.15, 0.2) is 22.7 Å². The minimum Gasteiger partial charge on any atom is -0.479 e. The second-order valence-electron chi connectivity index (χ2n) is 4.32. The minimum absolute atomic E-state index is 0.0678. The number of aryl methyl sites for hydroxylation is 1. The molecule has 1 unspecified atom stereocenters. The van der Waals surface area contributed by atoms with Gasteiger partial charge in [0, 0.05) is 4.47 Å². The summed E-state index contributed by atoms with van der Waals surface area (Å²) in [6, 6.07) is 4.44. The number of carbonyl (C=O) groups is 2. The van der Waals surface area contributed by atoms with Crippen LogP contribution in [0.3, 0.4) is 0 Å². The van der Waals surface area contributed by atoms with Gasteiger partial charge < -0.3 is 10.4 Å². The Morgan fingerprint density at radius 2 is 1.85 bits per heavy atom. The summed E-state index contributed by atoms with van der Waals surface area (Å²) >= 11 is 3.09. The second-order valence-corrected chi connectivity index (χ2v) is 5.11. The Balaban J connectivity index is 3.17. The normalized spacial score (nSPS) is 14.5. The Morgan fingerprint density at radius 1 is 1.30 bits per heavy atom. The number of hydrogen-bond donors (Lipinski definition) is 2. The van der Waals surface area contributed by atoms with Gasteiger partial charge in [-0.3, -0.25) is 4.79 Å². The highest BCUT2D eigenvalue weighted by Crippen LogP contribution is 2.31. The molecule has 0 radical (unpaired) electrons. The van der Waals surface area contributed by atoms with Crippen molar-refractivity contribution in [2.75, 3.05) is 0 Å². The topological polar surface area (TPSA) is 66.4 Å². The van der Waals surface area contributed by atoms with E-state index in [2.05, 4.69) is 15.9 Å². The van der Waals surface area contributed by atoms with Crippen LogP contribution in [0.25, 0.3) is 0 Å². The van der Waals surface area contributed by atoms with Crippen molar-refractivity contribution in [2.45, 2.75) is 25.6 Å². The van der Waals surface area contributed by atoms with E-state index in [4.69, 9.17) is 5.11 Å². The molecule has 8 heteroatoms. The Bertz CT molecular complexity index is 559. The zero-order chi connectivity index (χ0) is 15.7. The highest BCUT2D eigenvalue weighted by atomic mass is 79.9. The van der Waals surface area contributed by atoms with Crippen molar-refractivity contribution in [2.24, 2.45) is 0 Å². The highest BCUT2D eigenvalue weighted by Gasteiger charge is 2.58. The van der Waals surface area contributed by atoms with Crippen LogP contribution in [-0.2, 0) is 4.79 Å². The molecule has 0 bridgehead atoms. The summed E-state index contributed by atoms with van der Waals surface area (Å²) < 4.78 is 38.7. The van der Waals surface area contributed by atoms with Gasteiger partial charge in [0.15, 0.2) is 0 Å². The van der Waals surface area contributed by atoms with Gasteiger partial charge in [0.1, 0.15) is 0 Å². The molecule has 0 aliphatic heterocycles. The Morgan fingerprint density at radius 3 is 2.30 bits per heavy atom. The number of benzene rings is 1. The number of alkyl halides is 3. The number of halogens is 4. The van der Waals surface area contributed by atoms with E-state index < -0.39 is 23.6 Å². The lowest BCUT2D eigenvalue weighted by Gasteiger charge is -2.28. The fourth-order valence-corrected chi connectivity index (χ4v) is 1.81. The Hall–Kier alpha value is -1.57. The summed E-state index contributed by atoms with van der Waals surface area (Å²) in [5, 5.41) is 10.3. The number of rotatable bonds is 3. The SMILES string of the molecule is Cc1cccc(C(=O)NC(C)(C(=O)O)C(F)(F)F)c1Br. The molecule has 1 aromatic carbocycles. The maximum absolute atomic E-state index is 12.8. The summed E-state index contributed by atoms with van der Waals surface area (Å²) in [6.07, 6.45) is -5.12. The molecule has 20 heavy (non-hydrogen) atoms. The standard InChI is InChI=1S/C12H11BrF3NO3/c1-6-4-3-5-7(8(6)13)9(18)17-11(2,10(19)20)12(14,15)16/h3-5H,1-2H3,(H,17,18)(H,19,20). The summed E-state index contributed by atoms with van der Waals surface area (Å²) in [5.41, 5.74) is -2.78. The smallest absolute Gasteiger partial charge is 0.422 e. The van der Waals surface area contributed by atoms with Crippen molar-refractivity contribution < 1.29 is 27.9 Å². The molecule has 0 saturated carbocycles.